The zero-order chi connectivity index (χ0) is 19.7. The summed E-state index contributed by atoms with van der Waals surface area (Å²) in [5.41, 5.74) is 1.20. The highest BCUT2D eigenvalue weighted by Crippen LogP contribution is 2.19. The lowest BCUT2D eigenvalue weighted by atomic mass is 9.96. The number of rotatable bonds is 8. The molecule has 0 saturated heterocycles. The van der Waals surface area contributed by atoms with E-state index in [0.717, 1.165) is 11.1 Å². The van der Waals surface area contributed by atoms with Gasteiger partial charge in [0.25, 0.3) is 0 Å². The second-order valence-corrected chi connectivity index (χ2v) is 6.55. The van der Waals surface area contributed by atoms with Crippen LogP contribution >= 0.6 is 0 Å². The second kappa shape index (κ2) is 10.0. The molecule has 0 aliphatic heterocycles. The third kappa shape index (κ3) is 6.34. The lowest BCUT2D eigenvalue weighted by Crippen LogP contribution is -2.44. The summed E-state index contributed by atoms with van der Waals surface area (Å²) in [5.74, 6) is 0.305. The van der Waals surface area contributed by atoms with Crippen molar-refractivity contribution in [2.24, 2.45) is 4.99 Å². The maximum Gasteiger partial charge on any atom is 0.191 e. The van der Waals surface area contributed by atoms with Crippen LogP contribution in [0.15, 0.2) is 53.5 Å². The molecule has 0 aromatic heterocycles. The second-order valence-electron chi connectivity index (χ2n) is 6.55. The lowest BCUT2D eigenvalue weighted by Gasteiger charge is -2.25. The van der Waals surface area contributed by atoms with Crippen molar-refractivity contribution in [3.63, 3.8) is 0 Å². The number of methoxy groups -OCH3 is 1. The van der Waals surface area contributed by atoms with Crippen LogP contribution in [0.4, 0.5) is 4.39 Å². The van der Waals surface area contributed by atoms with Crippen molar-refractivity contribution >= 4 is 5.96 Å². The van der Waals surface area contributed by atoms with Gasteiger partial charge in [-0.1, -0.05) is 36.4 Å². The molecule has 0 aliphatic carbocycles. The van der Waals surface area contributed by atoms with Crippen molar-refractivity contribution in [1.82, 2.24) is 10.6 Å². The Labute approximate surface area is 160 Å². The minimum Gasteiger partial charge on any atom is -0.384 e. The molecular formula is C21H28FN3O2. The Hall–Kier alpha value is -2.44. The van der Waals surface area contributed by atoms with Crippen LogP contribution in [-0.4, -0.2) is 31.3 Å². The van der Waals surface area contributed by atoms with Crippen LogP contribution in [0.25, 0.3) is 0 Å². The lowest BCUT2D eigenvalue weighted by molar-refractivity contribution is 0.0617. The number of guanidine groups is 1. The number of benzene rings is 2. The first kappa shape index (κ1) is 20.9. The van der Waals surface area contributed by atoms with Crippen molar-refractivity contribution in [2.75, 3.05) is 20.2 Å². The fraction of sp³-hybridized carbons (Fsp3) is 0.381. The number of nitrogens with zero attached hydrogens (tertiary/aromatic N) is 1. The van der Waals surface area contributed by atoms with Crippen LogP contribution in [-0.2, 0) is 23.5 Å². The van der Waals surface area contributed by atoms with Gasteiger partial charge in [0.1, 0.15) is 11.4 Å². The molecule has 2 rings (SSSR count). The van der Waals surface area contributed by atoms with Crippen LogP contribution in [0.5, 0.6) is 0 Å². The van der Waals surface area contributed by atoms with Gasteiger partial charge in [-0.05, 0) is 37.1 Å². The van der Waals surface area contributed by atoms with E-state index >= 15 is 0 Å². The average molecular weight is 373 g/mol. The van der Waals surface area contributed by atoms with Gasteiger partial charge in [0.15, 0.2) is 5.96 Å². The molecule has 2 aromatic rings. The Kier molecular flexibility index (Phi) is 7.76. The molecule has 6 heteroatoms. The zero-order valence-corrected chi connectivity index (χ0v) is 16.1. The van der Waals surface area contributed by atoms with Crippen molar-refractivity contribution in [1.29, 1.82) is 0 Å². The highest BCUT2D eigenvalue weighted by molar-refractivity contribution is 5.79. The molecule has 146 valence electrons. The summed E-state index contributed by atoms with van der Waals surface area (Å²) < 4.78 is 18.7. The number of ether oxygens (including phenoxy) is 1. The Morgan fingerprint density at radius 2 is 1.93 bits per heavy atom. The summed E-state index contributed by atoms with van der Waals surface area (Å²) in [5, 5.41) is 17.0. The van der Waals surface area contributed by atoms with Gasteiger partial charge in [0, 0.05) is 19.2 Å². The molecule has 0 bridgehead atoms. The summed E-state index contributed by atoms with van der Waals surface area (Å²) in [6, 6.07) is 14.4. The summed E-state index contributed by atoms with van der Waals surface area (Å²) in [6.45, 7) is 5.34. The summed E-state index contributed by atoms with van der Waals surface area (Å²) in [4.78, 5) is 4.53. The molecular weight excluding hydrogens is 345 g/mol. The molecule has 1 unspecified atom stereocenters. The Bertz CT molecular complexity index is 748. The first-order chi connectivity index (χ1) is 13.0. The fourth-order valence-electron chi connectivity index (χ4n) is 2.66. The van der Waals surface area contributed by atoms with E-state index in [0.29, 0.717) is 31.2 Å². The maximum absolute atomic E-state index is 13.7. The maximum atomic E-state index is 13.7. The number of hydrogen-bond acceptors (Lipinski definition) is 3. The molecule has 27 heavy (non-hydrogen) atoms. The van der Waals surface area contributed by atoms with Gasteiger partial charge in [-0.3, -0.25) is 0 Å². The van der Waals surface area contributed by atoms with E-state index in [1.807, 2.05) is 37.3 Å². The Morgan fingerprint density at radius 3 is 2.59 bits per heavy atom. The van der Waals surface area contributed by atoms with Gasteiger partial charge in [-0.15, -0.1) is 0 Å². The first-order valence-corrected chi connectivity index (χ1v) is 9.02. The smallest absolute Gasteiger partial charge is 0.191 e. The number of hydrogen-bond donors (Lipinski definition) is 3. The summed E-state index contributed by atoms with van der Waals surface area (Å²) in [7, 11) is 1.54. The minimum atomic E-state index is -1.03. The van der Waals surface area contributed by atoms with Crippen LogP contribution in [0, 0.1) is 5.82 Å². The normalized spacial score (nSPS) is 13.9. The van der Waals surface area contributed by atoms with Crippen molar-refractivity contribution in [2.45, 2.75) is 32.6 Å². The molecule has 0 amide bonds. The van der Waals surface area contributed by atoms with Crippen LogP contribution in [0.1, 0.15) is 30.5 Å². The van der Waals surface area contributed by atoms with Crippen LogP contribution in [0.2, 0.25) is 0 Å². The molecule has 0 radical (unpaired) electrons. The van der Waals surface area contributed by atoms with Gasteiger partial charge >= 0.3 is 0 Å². The quantitative estimate of drug-likeness (QED) is 0.492. The third-order valence-electron chi connectivity index (χ3n) is 4.17. The van der Waals surface area contributed by atoms with E-state index in [9.17, 15) is 9.50 Å². The van der Waals surface area contributed by atoms with E-state index in [2.05, 4.69) is 15.6 Å². The molecule has 0 aliphatic rings. The fourth-order valence-corrected chi connectivity index (χ4v) is 2.66. The van der Waals surface area contributed by atoms with E-state index in [4.69, 9.17) is 4.74 Å². The average Bonchev–Trinajstić information content (AvgIpc) is 2.67. The molecule has 2 aromatic carbocycles. The van der Waals surface area contributed by atoms with E-state index in [1.54, 1.807) is 19.1 Å². The third-order valence-corrected chi connectivity index (χ3v) is 4.17. The minimum absolute atomic E-state index is 0.224. The van der Waals surface area contributed by atoms with Crippen molar-refractivity contribution in [3.8, 4) is 0 Å². The number of halogens is 1. The van der Waals surface area contributed by atoms with Crippen molar-refractivity contribution in [3.05, 3.63) is 71.0 Å². The molecule has 0 fully saturated rings. The Morgan fingerprint density at radius 1 is 1.19 bits per heavy atom. The number of nitrogens with one attached hydrogen (secondary N) is 2. The van der Waals surface area contributed by atoms with Gasteiger partial charge in [-0.25, -0.2) is 9.38 Å². The van der Waals surface area contributed by atoms with Crippen LogP contribution < -0.4 is 10.6 Å². The number of aliphatic hydroxyl groups is 1. The highest BCUT2D eigenvalue weighted by Gasteiger charge is 2.22. The van der Waals surface area contributed by atoms with Crippen molar-refractivity contribution < 1.29 is 14.2 Å². The summed E-state index contributed by atoms with van der Waals surface area (Å²) in [6.07, 6.45) is 0. The predicted octanol–water partition coefficient (Wildman–Crippen LogP) is 2.93. The van der Waals surface area contributed by atoms with Gasteiger partial charge in [-0.2, -0.15) is 0 Å². The standard InChI is InChI=1S/C21H28FN3O2/c1-4-23-20(25-15-21(2,26)18-8-6-5-7-9-18)24-13-16-10-11-19(22)17(12-16)14-27-3/h5-12,26H,4,13-15H2,1-3H3,(H2,23,24,25). The largest absolute Gasteiger partial charge is 0.384 e. The number of aliphatic imine (C=N–C) groups is 1. The molecule has 0 saturated carbocycles. The van der Waals surface area contributed by atoms with Gasteiger partial charge in [0.2, 0.25) is 0 Å². The van der Waals surface area contributed by atoms with E-state index in [-0.39, 0.29) is 12.4 Å². The molecule has 0 heterocycles. The molecule has 0 spiro atoms. The Balaban J connectivity index is 2.05. The van der Waals surface area contributed by atoms with E-state index in [1.165, 1.54) is 13.2 Å². The monoisotopic (exact) mass is 373 g/mol. The predicted molar refractivity (Wildman–Crippen MR) is 106 cm³/mol. The summed E-state index contributed by atoms with van der Waals surface area (Å²) >= 11 is 0. The SMILES string of the molecule is CCNC(=NCc1ccc(F)c(COC)c1)NCC(C)(O)c1ccccc1. The molecule has 5 nitrogen and oxygen atoms in total. The van der Waals surface area contributed by atoms with Crippen LogP contribution in [0.3, 0.4) is 0 Å². The van der Waals surface area contributed by atoms with E-state index < -0.39 is 5.60 Å². The highest BCUT2D eigenvalue weighted by atomic mass is 19.1. The first-order valence-electron chi connectivity index (χ1n) is 9.02. The topological polar surface area (TPSA) is 65.9 Å². The van der Waals surface area contributed by atoms with Gasteiger partial charge < -0.3 is 20.5 Å². The molecule has 1 atom stereocenters. The van der Waals surface area contributed by atoms with Gasteiger partial charge in [0.05, 0.1) is 19.7 Å². The zero-order valence-electron chi connectivity index (χ0n) is 16.1. The molecule has 3 N–H and O–H groups in total.